The van der Waals surface area contributed by atoms with Gasteiger partial charge in [-0.1, -0.05) is 23.6 Å². The van der Waals surface area contributed by atoms with Crippen molar-refractivity contribution in [2.45, 2.75) is 36.9 Å². The van der Waals surface area contributed by atoms with Gasteiger partial charge in [0.15, 0.2) is 0 Å². The second kappa shape index (κ2) is 5.74. The molecule has 1 aliphatic heterocycles. The Morgan fingerprint density at radius 2 is 2.05 bits per heavy atom. The number of aryl methyl sites for hydroxylation is 1. The number of benzene rings is 1. The number of terminal acetylenes is 1. The Morgan fingerprint density at radius 1 is 1.37 bits per heavy atom. The summed E-state index contributed by atoms with van der Waals surface area (Å²) < 4.78 is 31.7. The van der Waals surface area contributed by atoms with E-state index in [9.17, 15) is 8.42 Å². The summed E-state index contributed by atoms with van der Waals surface area (Å²) in [4.78, 5) is 0.294. The lowest BCUT2D eigenvalue weighted by Gasteiger charge is -2.06. The highest BCUT2D eigenvalue weighted by Crippen LogP contribution is 2.25. The van der Waals surface area contributed by atoms with Gasteiger partial charge in [-0.25, -0.2) is 13.1 Å². The Kier molecular flexibility index (Phi) is 4.25. The molecule has 1 aromatic rings. The van der Waals surface area contributed by atoms with Crippen molar-refractivity contribution in [2.75, 3.05) is 6.54 Å². The zero-order chi connectivity index (χ0) is 13.9. The van der Waals surface area contributed by atoms with Crippen LogP contribution in [-0.4, -0.2) is 27.2 Å². The van der Waals surface area contributed by atoms with Crippen molar-refractivity contribution in [2.24, 2.45) is 0 Å². The molecule has 0 unspecified atom stereocenters. The third kappa shape index (κ3) is 3.80. The fourth-order valence-corrected chi connectivity index (χ4v) is 2.89. The largest absolute Gasteiger partial charge is 0.356 e. The minimum Gasteiger partial charge on any atom is -0.356 e. The predicted molar refractivity (Wildman–Crippen MR) is 73.1 cm³/mol. The van der Waals surface area contributed by atoms with Gasteiger partial charge >= 0.3 is 0 Å². The molecule has 0 spiro atoms. The van der Waals surface area contributed by atoms with Gasteiger partial charge in [-0.15, -0.1) is 6.42 Å². The van der Waals surface area contributed by atoms with Crippen LogP contribution in [-0.2, 0) is 14.8 Å². The summed E-state index contributed by atoms with van der Waals surface area (Å²) in [6.45, 7) is 2.31. The van der Waals surface area contributed by atoms with Gasteiger partial charge in [-0.2, -0.15) is 0 Å². The normalized spacial score (nSPS) is 21.9. The van der Waals surface area contributed by atoms with Crippen LogP contribution in [0.25, 0.3) is 0 Å². The van der Waals surface area contributed by atoms with Crippen LogP contribution in [0, 0.1) is 19.3 Å². The molecule has 0 aliphatic carbocycles. The topological polar surface area (TPSA) is 58.7 Å². The second-order valence-electron chi connectivity index (χ2n) is 4.61. The number of rotatable bonds is 6. The first-order chi connectivity index (χ1) is 9.03. The quantitative estimate of drug-likeness (QED) is 0.487. The van der Waals surface area contributed by atoms with E-state index in [4.69, 9.17) is 11.2 Å². The third-order valence-corrected chi connectivity index (χ3v) is 4.51. The molecule has 0 saturated carbocycles. The van der Waals surface area contributed by atoms with E-state index >= 15 is 0 Å². The molecule has 1 fully saturated rings. The number of ether oxygens (including phenoxy) is 1. The average Bonchev–Trinajstić information content (AvgIpc) is 3.14. The number of hydrogen-bond donors (Lipinski definition) is 1. The van der Waals surface area contributed by atoms with Gasteiger partial charge < -0.3 is 4.74 Å². The summed E-state index contributed by atoms with van der Waals surface area (Å²) in [6, 6.07) is 6.78. The van der Waals surface area contributed by atoms with Crippen LogP contribution < -0.4 is 4.72 Å². The number of hydrogen-bond acceptors (Lipinski definition) is 3. The van der Waals surface area contributed by atoms with Gasteiger partial charge in [0.25, 0.3) is 0 Å². The molecule has 102 valence electrons. The van der Waals surface area contributed by atoms with Crippen LogP contribution in [0.2, 0.25) is 0 Å². The average molecular weight is 279 g/mol. The Labute approximate surface area is 114 Å². The zero-order valence-corrected chi connectivity index (χ0v) is 11.6. The van der Waals surface area contributed by atoms with Gasteiger partial charge in [0.2, 0.25) is 10.0 Å². The Balaban J connectivity index is 1.78. The molecular formula is C14H17NO3S. The maximum absolute atomic E-state index is 11.9. The fraction of sp³-hybridized carbons (Fsp3) is 0.429. The highest BCUT2D eigenvalue weighted by atomic mass is 32.2. The van der Waals surface area contributed by atoms with Crippen molar-refractivity contribution in [1.29, 1.82) is 0 Å². The maximum atomic E-state index is 11.9. The van der Waals surface area contributed by atoms with E-state index in [0.717, 1.165) is 12.0 Å². The maximum Gasteiger partial charge on any atom is 0.240 e. The lowest BCUT2D eigenvalue weighted by Crippen LogP contribution is -2.25. The van der Waals surface area contributed by atoms with Crippen LogP contribution in [0.4, 0.5) is 0 Å². The highest BCUT2D eigenvalue weighted by Gasteiger charge is 2.36. The lowest BCUT2D eigenvalue weighted by molar-refractivity contribution is 0.378. The zero-order valence-electron chi connectivity index (χ0n) is 10.8. The molecular weight excluding hydrogens is 262 g/mol. The molecule has 1 N–H and O–H groups in total. The molecule has 1 aromatic carbocycles. The van der Waals surface area contributed by atoms with Crippen LogP contribution in [0.5, 0.6) is 0 Å². The smallest absolute Gasteiger partial charge is 0.240 e. The summed E-state index contributed by atoms with van der Waals surface area (Å²) in [5.41, 5.74) is 1.03. The van der Waals surface area contributed by atoms with E-state index in [2.05, 4.69) is 10.6 Å². The summed E-state index contributed by atoms with van der Waals surface area (Å²) in [5, 5.41) is 0. The molecule has 19 heavy (non-hydrogen) atoms. The monoisotopic (exact) mass is 279 g/mol. The Bertz CT molecular complexity index is 572. The Morgan fingerprint density at radius 3 is 2.63 bits per heavy atom. The summed E-state index contributed by atoms with van der Waals surface area (Å²) in [7, 11) is -3.40. The van der Waals surface area contributed by atoms with Crippen molar-refractivity contribution in [1.82, 2.24) is 4.72 Å². The van der Waals surface area contributed by atoms with Gasteiger partial charge in [-0.3, -0.25) is 0 Å². The minimum atomic E-state index is -3.40. The first-order valence-electron chi connectivity index (χ1n) is 6.21. The van der Waals surface area contributed by atoms with Crippen molar-refractivity contribution < 1.29 is 13.2 Å². The van der Waals surface area contributed by atoms with E-state index < -0.39 is 10.0 Å². The highest BCUT2D eigenvalue weighted by molar-refractivity contribution is 7.89. The van der Waals surface area contributed by atoms with Crippen LogP contribution in [0.3, 0.4) is 0 Å². The molecule has 2 rings (SSSR count). The summed E-state index contributed by atoms with van der Waals surface area (Å²) in [6.07, 6.45) is 6.73. The van der Waals surface area contributed by atoms with Crippen molar-refractivity contribution in [3.63, 3.8) is 0 Å². The molecule has 0 radical (unpaired) electrons. The molecule has 1 aliphatic rings. The van der Waals surface area contributed by atoms with E-state index in [1.165, 1.54) is 0 Å². The fourth-order valence-electron chi connectivity index (χ4n) is 1.82. The molecule has 4 nitrogen and oxygen atoms in total. The number of sulfonamides is 1. The lowest BCUT2D eigenvalue weighted by atomic mass is 10.2. The SMILES string of the molecule is C#C[C@@H]1O[C@@H]1CCCNS(=O)(=O)c1ccc(C)cc1. The van der Waals surface area contributed by atoms with Crippen molar-refractivity contribution in [3.8, 4) is 12.3 Å². The molecule has 0 amide bonds. The van der Waals surface area contributed by atoms with E-state index in [-0.39, 0.29) is 12.2 Å². The van der Waals surface area contributed by atoms with Gasteiger partial charge in [0.1, 0.15) is 6.10 Å². The molecule has 5 heteroatoms. The van der Waals surface area contributed by atoms with E-state index in [0.29, 0.717) is 17.9 Å². The van der Waals surface area contributed by atoms with Crippen LogP contribution >= 0.6 is 0 Å². The van der Waals surface area contributed by atoms with Gasteiger partial charge in [0, 0.05) is 6.54 Å². The van der Waals surface area contributed by atoms with Gasteiger partial charge in [0.05, 0.1) is 11.0 Å². The number of nitrogens with one attached hydrogen (secondary N) is 1. The standard InChI is InChI=1S/C14H17NO3S/c1-3-13-14(18-13)5-4-10-15-19(16,17)12-8-6-11(2)7-9-12/h1,6-9,13-15H,4-5,10H2,2H3/t13-,14+/m0/s1. The third-order valence-electron chi connectivity index (χ3n) is 3.04. The van der Waals surface area contributed by atoms with E-state index in [1.807, 2.05) is 6.92 Å². The molecule has 0 aromatic heterocycles. The Hall–Kier alpha value is -1.35. The summed E-state index contributed by atoms with van der Waals surface area (Å²) in [5.74, 6) is 2.52. The van der Waals surface area contributed by atoms with Crippen LogP contribution in [0.15, 0.2) is 29.2 Å². The molecule has 1 heterocycles. The molecule has 2 atom stereocenters. The van der Waals surface area contributed by atoms with Crippen LogP contribution in [0.1, 0.15) is 18.4 Å². The van der Waals surface area contributed by atoms with Gasteiger partial charge in [-0.05, 0) is 31.9 Å². The minimum absolute atomic E-state index is 0.0753. The first-order valence-corrected chi connectivity index (χ1v) is 7.69. The number of epoxide rings is 1. The summed E-state index contributed by atoms with van der Waals surface area (Å²) >= 11 is 0. The molecule has 0 bridgehead atoms. The molecule has 1 saturated heterocycles. The van der Waals surface area contributed by atoms with E-state index in [1.54, 1.807) is 24.3 Å². The van der Waals surface area contributed by atoms with Crippen molar-refractivity contribution >= 4 is 10.0 Å². The van der Waals surface area contributed by atoms with Crippen molar-refractivity contribution in [3.05, 3.63) is 29.8 Å². The first kappa shape index (κ1) is 14.1. The predicted octanol–water partition coefficient (Wildman–Crippen LogP) is 1.45. The second-order valence-corrected chi connectivity index (χ2v) is 6.38.